The standard InChI is InChI=1S/C22H29N3O5/c1-4-28-21(26)19-16(11-25-9-13(2)7-14(3)10-25)23-22(27)24-20(19)15-5-6-17-18(8-15)30-12-29-17/h5-6,8,13-14,20H,4,7,9-12H2,1-3H3,(H2,23,24,27)/t13-,14+,20-/m0/s1. The number of amides is 2. The second-order valence-corrected chi connectivity index (χ2v) is 8.40. The number of nitrogens with zero attached hydrogens (tertiary/aromatic N) is 1. The summed E-state index contributed by atoms with van der Waals surface area (Å²) in [5, 5.41) is 5.74. The molecular weight excluding hydrogens is 386 g/mol. The number of ether oxygens (including phenoxy) is 3. The maximum Gasteiger partial charge on any atom is 0.338 e. The van der Waals surface area contributed by atoms with Crippen molar-refractivity contribution in [1.82, 2.24) is 15.5 Å². The highest BCUT2D eigenvalue weighted by atomic mass is 16.7. The molecule has 0 aliphatic carbocycles. The van der Waals surface area contributed by atoms with Gasteiger partial charge >= 0.3 is 12.0 Å². The topological polar surface area (TPSA) is 89.1 Å². The number of likely N-dealkylation sites (tertiary alicyclic amines) is 1. The molecule has 162 valence electrons. The lowest BCUT2D eigenvalue weighted by atomic mass is 9.91. The fourth-order valence-electron chi connectivity index (χ4n) is 4.68. The van der Waals surface area contributed by atoms with Crippen molar-refractivity contribution in [2.45, 2.75) is 33.2 Å². The third kappa shape index (κ3) is 4.23. The van der Waals surface area contributed by atoms with E-state index in [0.29, 0.717) is 41.1 Å². The minimum Gasteiger partial charge on any atom is -0.463 e. The smallest absolute Gasteiger partial charge is 0.338 e. The van der Waals surface area contributed by atoms with Crippen molar-refractivity contribution in [2.75, 3.05) is 33.0 Å². The zero-order valence-electron chi connectivity index (χ0n) is 17.7. The van der Waals surface area contributed by atoms with E-state index in [4.69, 9.17) is 14.2 Å². The van der Waals surface area contributed by atoms with Crippen LogP contribution in [0.2, 0.25) is 0 Å². The average molecular weight is 415 g/mol. The summed E-state index contributed by atoms with van der Waals surface area (Å²) in [7, 11) is 0. The van der Waals surface area contributed by atoms with E-state index in [-0.39, 0.29) is 19.4 Å². The molecule has 1 fully saturated rings. The summed E-state index contributed by atoms with van der Waals surface area (Å²) in [5.41, 5.74) is 1.78. The van der Waals surface area contributed by atoms with Crippen molar-refractivity contribution in [3.63, 3.8) is 0 Å². The predicted octanol–water partition coefficient (Wildman–Crippen LogP) is 2.56. The molecule has 0 bridgehead atoms. The first kappa shape index (κ1) is 20.5. The van der Waals surface area contributed by atoms with Gasteiger partial charge in [0.05, 0.1) is 18.2 Å². The van der Waals surface area contributed by atoms with Crippen LogP contribution in [0.5, 0.6) is 11.5 Å². The minimum atomic E-state index is -0.623. The Hall–Kier alpha value is -2.74. The van der Waals surface area contributed by atoms with E-state index < -0.39 is 12.0 Å². The quantitative estimate of drug-likeness (QED) is 0.719. The molecule has 0 spiro atoms. The third-order valence-electron chi connectivity index (χ3n) is 5.71. The second-order valence-electron chi connectivity index (χ2n) is 8.40. The van der Waals surface area contributed by atoms with Gasteiger partial charge in [-0.05, 0) is 42.9 Å². The van der Waals surface area contributed by atoms with E-state index >= 15 is 0 Å². The first-order chi connectivity index (χ1) is 14.4. The van der Waals surface area contributed by atoms with Crippen molar-refractivity contribution < 1.29 is 23.8 Å². The molecule has 1 saturated heterocycles. The number of hydrogen-bond acceptors (Lipinski definition) is 6. The van der Waals surface area contributed by atoms with Crippen molar-refractivity contribution in [2.24, 2.45) is 11.8 Å². The first-order valence-corrected chi connectivity index (χ1v) is 10.5. The van der Waals surface area contributed by atoms with Gasteiger partial charge in [-0.2, -0.15) is 0 Å². The van der Waals surface area contributed by atoms with Gasteiger partial charge in [-0.25, -0.2) is 9.59 Å². The Balaban J connectivity index is 1.69. The van der Waals surface area contributed by atoms with Crippen molar-refractivity contribution in [1.29, 1.82) is 0 Å². The van der Waals surface area contributed by atoms with Crippen LogP contribution in [0.4, 0.5) is 4.79 Å². The number of carbonyl (C=O) groups excluding carboxylic acids is 2. The molecule has 0 aromatic heterocycles. The number of piperidine rings is 1. The number of fused-ring (bicyclic) bond motifs is 1. The lowest BCUT2D eigenvalue weighted by molar-refractivity contribution is -0.139. The van der Waals surface area contributed by atoms with E-state index in [1.807, 2.05) is 6.07 Å². The van der Waals surface area contributed by atoms with Crippen molar-refractivity contribution in [3.05, 3.63) is 35.0 Å². The van der Waals surface area contributed by atoms with Crippen LogP contribution in [0.25, 0.3) is 0 Å². The molecule has 8 heteroatoms. The highest BCUT2D eigenvalue weighted by Crippen LogP contribution is 2.37. The van der Waals surface area contributed by atoms with E-state index in [0.717, 1.165) is 18.7 Å². The molecule has 0 radical (unpaired) electrons. The normalized spacial score (nSPS) is 26.2. The van der Waals surface area contributed by atoms with E-state index in [2.05, 4.69) is 29.4 Å². The molecule has 0 saturated carbocycles. The summed E-state index contributed by atoms with van der Waals surface area (Å²) in [4.78, 5) is 27.8. The predicted molar refractivity (Wildman–Crippen MR) is 110 cm³/mol. The number of nitrogens with one attached hydrogen (secondary N) is 2. The monoisotopic (exact) mass is 415 g/mol. The molecule has 8 nitrogen and oxygen atoms in total. The molecule has 4 rings (SSSR count). The molecule has 1 aromatic carbocycles. The molecular formula is C22H29N3O5. The lowest BCUT2D eigenvalue weighted by Gasteiger charge is -2.37. The van der Waals surface area contributed by atoms with Gasteiger partial charge in [-0.3, -0.25) is 4.90 Å². The summed E-state index contributed by atoms with van der Waals surface area (Å²) in [6, 6.07) is 4.48. The number of hydrogen-bond donors (Lipinski definition) is 2. The Labute approximate surface area is 176 Å². The number of urea groups is 1. The van der Waals surface area contributed by atoms with Crippen LogP contribution >= 0.6 is 0 Å². The van der Waals surface area contributed by atoms with E-state index in [1.165, 1.54) is 6.42 Å². The highest BCUT2D eigenvalue weighted by molar-refractivity contribution is 5.95. The summed E-state index contributed by atoms with van der Waals surface area (Å²) < 4.78 is 16.2. The number of rotatable bonds is 5. The Morgan fingerprint density at radius 3 is 2.67 bits per heavy atom. The number of carbonyl (C=O) groups is 2. The van der Waals surface area contributed by atoms with Gasteiger partial charge in [0, 0.05) is 25.3 Å². The first-order valence-electron chi connectivity index (χ1n) is 10.5. The van der Waals surface area contributed by atoms with E-state index in [9.17, 15) is 9.59 Å². The maximum atomic E-state index is 13.0. The van der Waals surface area contributed by atoms with Crippen molar-refractivity contribution in [3.8, 4) is 11.5 Å². The Morgan fingerprint density at radius 1 is 1.20 bits per heavy atom. The lowest BCUT2D eigenvalue weighted by Crippen LogP contribution is -2.50. The van der Waals surface area contributed by atoms with Crippen LogP contribution in [0.3, 0.4) is 0 Å². The zero-order chi connectivity index (χ0) is 21.3. The van der Waals surface area contributed by atoms with Gasteiger partial charge < -0.3 is 24.8 Å². The van der Waals surface area contributed by atoms with Gasteiger partial charge in [-0.15, -0.1) is 0 Å². The van der Waals surface area contributed by atoms with Crippen LogP contribution in [-0.4, -0.2) is 49.9 Å². The summed E-state index contributed by atoms with van der Waals surface area (Å²) in [6.45, 7) is 9.03. The average Bonchev–Trinajstić information content (AvgIpc) is 3.14. The highest BCUT2D eigenvalue weighted by Gasteiger charge is 2.35. The van der Waals surface area contributed by atoms with E-state index in [1.54, 1.807) is 19.1 Å². The molecule has 3 atom stereocenters. The van der Waals surface area contributed by atoms with Crippen LogP contribution in [0, 0.1) is 11.8 Å². The molecule has 3 heterocycles. The fraction of sp³-hybridized carbons (Fsp3) is 0.545. The number of esters is 1. The molecule has 30 heavy (non-hydrogen) atoms. The summed E-state index contributed by atoms with van der Waals surface area (Å²) >= 11 is 0. The SMILES string of the molecule is CCOC(=O)C1=C(CN2C[C@H](C)C[C@H](C)C2)NC(=O)N[C@H]1c1ccc2c(c1)OCO2. The zero-order valence-corrected chi connectivity index (χ0v) is 17.7. The summed E-state index contributed by atoms with van der Waals surface area (Å²) in [6.07, 6.45) is 1.19. The fourth-order valence-corrected chi connectivity index (χ4v) is 4.68. The van der Waals surface area contributed by atoms with Gasteiger partial charge in [0.25, 0.3) is 0 Å². The summed E-state index contributed by atoms with van der Waals surface area (Å²) in [5.74, 6) is 1.96. The van der Waals surface area contributed by atoms with Crippen LogP contribution in [0.1, 0.15) is 38.8 Å². The minimum absolute atomic E-state index is 0.161. The van der Waals surface area contributed by atoms with Gasteiger partial charge in [0.2, 0.25) is 6.79 Å². The Morgan fingerprint density at radius 2 is 1.93 bits per heavy atom. The third-order valence-corrected chi connectivity index (χ3v) is 5.71. The van der Waals surface area contributed by atoms with Crippen molar-refractivity contribution >= 4 is 12.0 Å². The maximum absolute atomic E-state index is 13.0. The number of benzene rings is 1. The molecule has 3 aliphatic rings. The van der Waals surface area contributed by atoms with Gasteiger partial charge in [0.1, 0.15) is 0 Å². The molecule has 3 aliphatic heterocycles. The van der Waals surface area contributed by atoms with Gasteiger partial charge in [0.15, 0.2) is 11.5 Å². The Bertz CT molecular complexity index is 858. The van der Waals surface area contributed by atoms with Crippen LogP contribution < -0.4 is 20.1 Å². The molecule has 0 unspecified atom stereocenters. The largest absolute Gasteiger partial charge is 0.463 e. The molecule has 2 amide bonds. The van der Waals surface area contributed by atoms with Crippen LogP contribution in [0.15, 0.2) is 29.5 Å². The second kappa shape index (κ2) is 8.55. The van der Waals surface area contributed by atoms with Gasteiger partial charge in [-0.1, -0.05) is 19.9 Å². The molecule has 2 N–H and O–H groups in total. The Kier molecular flexibility index (Phi) is 5.85. The van der Waals surface area contributed by atoms with Crippen LogP contribution in [-0.2, 0) is 9.53 Å². The molecule has 1 aromatic rings.